The summed E-state index contributed by atoms with van der Waals surface area (Å²) in [5.74, 6) is 6.97. The molecule has 2 unspecified atom stereocenters. The molecule has 1 fully saturated rings. The van der Waals surface area contributed by atoms with Crippen molar-refractivity contribution >= 4 is 6.03 Å². The molecule has 0 aromatic heterocycles. The van der Waals surface area contributed by atoms with Crippen LogP contribution in [0, 0.1) is 23.7 Å². The van der Waals surface area contributed by atoms with Gasteiger partial charge in [0.05, 0.1) is 6.54 Å². The van der Waals surface area contributed by atoms with Crippen LogP contribution >= 0.6 is 0 Å². The number of rotatable bonds is 3. The van der Waals surface area contributed by atoms with Gasteiger partial charge in [-0.25, -0.2) is 4.79 Å². The molecule has 0 heterocycles. The van der Waals surface area contributed by atoms with Gasteiger partial charge < -0.3 is 10.6 Å². The maximum Gasteiger partial charge on any atom is 0.315 e. The zero-order valence-electron chi connectivity index (χ0n) is 8.18. The lowest BCUT2D eigenvalue weighted by Crippen LogP contribution is -2.36. The van der Waals surface area contributed by atoms with Crippen LogP contribution in [0.1, 0.15) is 20.3 Å². The van der Waals surface area contributed by atoms with Crippen molar-refractivity contribution in [3.05, 3.63) is 0 Å². The zero-order chi connectivity index (χ0) is 9.68. The Hall–Kier alpha value is -1.17. The first-order chi connectivity index (χ1) is 6.24. The summed E-state index contributed by atoms with van der Waals surface area (Å²) in [4.78, 5) is 11.1. The van der Waals surface area contributed by atoms with E-state index >= 15 is 0 Å². The summed E-state index contributed by atoms with van der Waals surface area (Å²) in [6.45, 7) is 5.19. The Balaban J connectivity index is 2.00. The van der Waals surface area contributed by atoms with Crippen LogP contribution in [-0.2, 0) is 0 Å². The molecule has 1 saturated carbocycles. The van der Waals surface area contributed by atoms with Crippen LogP contribution in [0.15, 0.2) is 0 Å². The zero-order valence-corrected chi connectivity index (χ0v) is 8.18. The highest BCUT2D eigenvalue weighted by molar-refractivity contribution is 5.74. The summed E-state index contributed by atoms with van der Waals surface area (Å²) >= 11 is 0. The fourth-order valence-corrected chi connectivity index (χ4v) is 1.18. The number of nitrogens with one attached hydrogen (secondary N) is 2. The van der Waals surface area contributed by atoms with E-state index in [-0.39, 0.29) is 6.03 Å². The molecule has 1 aliphatic rings. The number of hydrogen-bond donors (Lipinski definition) is 2. The Labute approximate surface area is 79.3 Å². The van der Waals surface area contributed by atoms with Crippen molar-refractivity contribution in [2.24, 2.45) is 11.8 Å². The first kappa shape index (κ1) is 9.91. The van der Waals surface area contributed by atoms with Gasteiger partial charge in [0.25, 0.3) is 0 Å². The lowest BCUT2D eigenvalue weighted by Gasteiger charge is -2.03. The van der Waals surface area contributed by atoms with Gasteiger partial charge in [-0.2, -0.15) is 0 Å². The number of hydrogen-bond acceptors (Lipinski definition) is 1. The van der Waals surface area contributed by atoms with Crippen molar-refractivity contribution in [2.45, 2.75) is 20.3 Å². The van der Waals surface area contributed by atoms with Crippen LogP contribution in [0.3, 0.4) is 0 Å². The molecule has 72 valence electrons. The maximum atomic E-state index is 11.1. The Morgan fingerprint density at radius 2 is 2.23 bits per heavy atom. The van der Waals surface area contributed by atoms with Crippen molar-refractivity contribution < 1.29 is 4.79 Å². The van der Waals surface area contributed by atoms with Crippen molar-refractivity contribution in [2.75, 3.05) is 13.1 Å². The number of urea groups is 1. The first-order valence-corrected chi connectivity index (χ1v) is 4.65. The summed E-state index contributed by atoms with van der Waals surface area (Å²) < 4.78 is 0. The summed E-state index contributed by atoms with van der Waals surface area (Å²) in [7, 11) is 0. The summed E-state index contributed by atoms with van der Waals surface area (Å²) in [5.41, 5.74) is 0. The maximum absolute atomic E-state index is 11.1. The second-order valence-corrected chi connectivity index (χ2v) is 3.46. The highest BCUT2D eigenvalue weighted by atomic mass is 16.2. The van der Waals surface area contributed by atoms with Crippen molar-refractivity contribution in [1.82, 2.24) is 10.6 Å². The molecule has 0 spiro atoms. The molecule has 0 radical (unpaired) electrons. The van der Waals surface area contributed by atoms with E-state index in [1.165, 1.54) is 6.42 Å². The molecule has 2 N–H and O–H groups in total. The summed E-state index contributed by atoms with van der Waals surface area (Å²) in [6.07, 6.45) is 1.25. The molecule has 0 aromatic rings. The summed E-state index contributed by atoms with van der Waals surface area (Å²) in [6, 6.07) is -0.109. The Morgan fingerprint density at radius 1 is 1.54 bits per heavy atom. The predicted octanol–water partition coefficient (Wildman–Crippen LogP) is 0.965. The van der Waals surface area contributed by atoms with Gasteiger partial charge in [0.2, 0.25) is 0 Å². The van der Waals surface area contributed by atoms with Crippen molar-refractivity contribution in [1.29, 1.82) is 0 Å². The van der Waals surface area contributed by atoms with Crippen LogP contribution in [0.2, 0.25) is 0 Å². The van der Waals surface area contributed by atoms with Gasteiger partial charge in [-0.05, 0) is 25.2 Å². The Morgan fingerprint density at radius 3 is 2.77 bits per heavy atom. The summed E-state index contributed by atoms with van der Waals surface area (Å²) in [5, 5.41) is 5.47. The third kappa shape index (κ3) is 3.84. The van der Waals surface area contributed by atoms with Crippen LogP contribution in [0.4, 0.5) is 4.79 Å². The molecule has 2 amide bonds. The average molecular weight is 180 g/mol. The predicted molar refractivity (Wildman–Crippen MR) is 52.1 cm³/mol. The minimum atomic E-state index is -0.109. The Bertz CT molecular complexity index is 239. The molecular formula is C10H16N2O. The quantitative estimate of drug-likeness (QED) is 0.624. The van der Waals surface area contributed by atoms with Gasteiger partial charge in [0.15, 0.2) is 0 Å². The number of carbonyl (C=O) groups is 1. The lowest BCUT2D eigenvalue weighted by molar-refractivity contribution is 0.241. The second kappa shape index (κ2) is 4.76. The number of amides is 2. The second-order valence-electron chi connectivity index (χ2n) is 3.46. The molecule has 1 aliphatic carbocycles. The largest absolute Gasteiger partial charge is 0.338 e. The first-order valence-electron chi connectivity index (χ1n) is 4.65. The lowest BCUT2D eigenvalue weighted by atomic mass is 10.3. The normalized spacial score (nSPS) is 24.2. The smallest absolute Gasteiger partial charge is 0.315 e. The van der Waals surface area contributed by atoms with Crippen LogP contribution in [-0.4, -0.2) is 19.1 Å². The molecule has 0 saturated heterocycles. The molecule has 2 atom stereocenters. The molecule has 3 nitrogen and oxygen atoms in total. The van der Waals surface area contributed by atoms with Gasteiger partial charge in [-0.3, -0.25) is 0 Å². The Kier molecular flexibility index (Phi) is 3.63. The SMILES string of the molecule is CC#CCNC(=O)NCC1CC1C. The van der Waals surface area contributed by atoms with E-state index in [0.717, 1.165) is 12.5 Å². The van der Waals surface area contributed by atoms with E-state index in [4.69, 9.17) is 0 Å². The van der Waals surface area contributed by atoms with Crippen LogP contribution in [0.5, 0.6) is 0 Å². The van der Waals surface area contributed by atoms with E-state index in [9.17, 15) is 4.79 Å². The molecule has 0 bridgehead atoms. The molecule has 3 heteroatoms. The van der Waals surface area contributed by atoms with E-state index in [2.05, 4.69) is 29.4 Å². The number of carbonyl (C=O) groups excluding carboxylic acids is 1. The average Bonchev–Trinajstić information content (AvgIpc) is 2.79. The minimum Gasteiger partial charge on any atom is -0.338 e. The molecule has 0 aliphatic heterocycles. The third-order valence-electron chi connectivity index (χ3n) is 2.32. The van der Waals surface area contributed by atoms with Crippen molar-refractivity contribution in [3.63, 3.8) is 0 Å². The van der Waals surface area contributed by atoms with E-state index in [0.29, 0.717) is 12.5 Å². The standard InChI is InChI=1S/C10H16N2O/c1-3-4-5-11-10(13)12-7-9-6-8(9)2/h8-9H,5-7H2,1-2H3,(H2,11,12,13). The van der Waals surface area contributed by atoms with Gasteiger partial charge >= 0.3 is 6.03 Å². The fourth-order valence-electron chi connectivity index (χ4n) is 1.18. The molecule has 0 aromatic carbocycles. The van der Waals surface area contributed by atoms with Gasteiger partial charge in [0, 0.05) is 6.54 Å². The monoisotopic (exact) mass is 180 g/mol. The van der Waals surface area contributed by atoms with Gasteiger partial charge in [-0.1, -0.05) is 12.8 Å². The van der Waals surface area contributed by atoms with Crippen molar-refractivity contribution in [3.8, 4) is 11.8 Å². The molecular weight excluding hydrogens is 164 g/mol. The van der Waals surface area contributed by atoms with Crippen LogP contribution < -0.4 is 10.6 Å². The highest BCUT2D eigenvalue weighted by Gasteiger charge is 2.32. The highest BCUT2D eigenvalue weighted by Crippen LogP contribution is 2.36. The van der Waals surface area contributed by atoms with Crippen LogP contribution in [0.25, 0.3) is 0 Å². The third-order valence-corrected chi connectivity index (χ3v) is 2.32. The fraction of sp³-hybridized carbons (Fsp3) is 0.700. The molecule has 1 rings (SSSR count). The van der Waals surface area contributed by atoms with E-state index in [1.54, 1.807) is 6.92 Å². The van der Waals surface area contributed by atoms with Gasteiger partial charge in [-0.15, -0.1) is 5.92 Å². The molecule has 13 heavy (non-hydrogen) atoms. The van der Waals surface area contributed by atoms with Gasteiger partial charge in [0.1, 0.15) is 0 Å². The topological polar surface area (TPSA) is 41.1 Å². The van der Waals surface area contributed by atoms with E-state index in [1.807, 2.05) is 0 Å². The minimum absolute atomic E-state index is 0.109. The van der Waals surface area contributed by atoms with E-state index < -0.39 is 0 Å².